The van der Waals surface area contributed by atoms with Crippen molar-refractivity contribution in [3.05, 3.63) is 88.1 Å². The molecule has 2 aromatic carbocycles. The summed E-state index contributed by atoms with van der Waals surface area (Å²) in [7, 11) is 4.10. The van der Waals surface area contributed by atoms with Crippen LogP contribution in [0.1, 0.15) is 30.5 Å². The molecule has 0 amide bonds. The van der Waals surface area contributed by atoms with Crippen molar-refractivity contribution in [3.8, 4) is 11.5 Å². The second-order valence-electron chi connectivity index (χ2n) is 8.10. The molecule has 1 atom stereocenters. The lowest BCUT2D eigenvalue weighted by atomic mass is 9.95. The summed E-state index contributed by atoms with van der Waals surface area (Å²) in [5, 5.41) is 0. The average molecular weight is 648 g/mol. The van der Waals surface area contributed by atoms with Gasteiger partial charge in [-0.3, -0.25) is 9.36 Å². The zero-order chi connectivity index (χ0) is 27.4. The van der Waals surface area contributed by atoms with Crippen molar-refractivity contribution >= 4 is 51.9 Å². The van der Waals surface area contributed by atoms with Gasteiger partial charge >= 0.3 is 11.9 Å². The van der Waals surface area contributed by atoms with Gasteiger partial charge < -0.3 is 18.9 Å². The fourth-order valence-corrected chi connectivity index (χ4v) is 5.92. The molecule has 198 valence electrons. The molecule has 0 fully saturated rings. The number of carbonyl (C=O) groups excluding carboxylic acids is 2. The van der Waals surface area contributed by atoms with Crippen LogP contribution in [0.2, 0.25) is 0 Å². The molecule has 0 aliphatic carbocycles. The van der Waals surface area contributed by atoms with Crippen molar-refractivity contribution in [2.75, 3.05) is 27.9 Å². The van der Waals surface area contributed by atoms with E-state index in [-0.39, 0.29) is 12.2 Å². The number of fused-ring (bicyclic) bond motifs is 1. The lowest BCUT2D eigenvalue weighted by Gasteiger charge is -2.25. The molecule has 4 rings (SSSR count). The third-order valence-corrected chi connectivity index (χ3v) is 7.66. The first-order valence-corrected chi connectivity index (χ1v) is 13.5. The summed E-state index contributed by atoms with van der Waals surface area (Å²) in [4.78, 5) is 43.3. The van der Waals surface area contributed by atoms with Crippen LogP contribution in [-0.4, -0.2) is 44.4 Å². The van der Waals surface area contributed by atoms with Gasteiger partial charge in [-0.2, -0.15) is 0 Å². The van der Waals surface area contributed by atoms with Gasteiger partial charge in [-0.15, -0.1) is 0 Å². The van der Waals surface area contributed by atoms with Crippen LogP contribution in [0, 0.1) is 3.57 Å². The highest BCUT2D eigenvalue weighted by atomic mass is 127. The fourth-order valence-electron chi connectivity index (χ4n) is 4.12. The van der Waals surface area contributed by atoms with E-state index in [2.05, 4.69) is 32.3 Å². The molecule has 38 heavy (non-hydrogen) atoms. The number of thiazole rings is 1. The van der Waals surface area contributed by atoms with E-state index in [1.807, 2.05) is 43.3 Å². The molecule has 2 heterocycles. The number of carbonyl (C=O) groups is 2. The Kier molecular flexibility index (Phi) is 8.67. The number of allylic oxidation sites excluding steroid dienone is 1. The highest BCUT2D eigenvalue weighted by Crippen LogP contribution is 2.34. The number of hydrogen-bond acceptors (Lipinski definition) is 9. The Bertz CT molecular complexity index is 1590. The molecule has 0 unspecified atom stereocenters. The van der Waals surface area contributed by atoms with Crippen molar-refractivity contribution in [2.45, 2.75) is 19.4 Å². The summed E-state index contributed by atoms with van der Waals surface area (Å²) < 4.78 is 23.5. The SMILES string of the molecule is CCC1=C(C(=O)OC)[C@H](c2ccccc2)n2c(s/c(=C\c3cc(I)c(OCC(=O)OC)c(OC)c3)c2=O)=N1. The molecule has 0 spiro atoms. The summed E-state index contributed by atoms with van der Waals surface area (Å²) >= 11 is 3.32. The number of hydrogen-bond donors (Lipinski definition) is 0. The van der Waals surface area contributed by atoms with E-state index in [4.69, 9.17) is 14.2 Å². The van der Waals surface area contributed by atoms with Crippen molar-refractivity contribution in [2.24, 2.45) is 4.99 Å². The molecule has 0 bridgehead atoms. The highest BCUT2D eigenvalue weighted by molar-refractivity contribution is 14.1. The van der Waals surface area contributed by atoms with Crippen LogP contribution in [0.15, 0.2) is 63.5 Å². The van der Waals surface area contributed by atoms with E-state index in [1.165, 1.54) is 32.7 Å². The topological polar surface area (TPSA) is 105 Å². The van der Waals surface area contributed by atoms with Gasteiger partial charge in [0.1, 0.15) is 0 Å². The number of rotatable bonds is 8. The predicted octanol–water partition coefficient (Wildman–Crippen LogP) is 2.96. The van der Waals surface area contributed by atoms with Crippen LogP contribution in [0.5, 0.6) is 11.5 Å². The number of aromatic nitrogens is 1. The molecule has 0 saturated carbocycles. The molecular formula is C27H25IN2O7S. The van der Waals surface area contributed by atoms with Gasteiger partial charge in [0.25, 0.3) is 5.56 Å². The van der Waals surface area contributed by atoms with E-state index >= 15 is 0 Å². The van der Waals surface area contributed by atoms with E-state index in [0.717, 1.165) is 5.56 Å². The van der Waals surface area contributed by atoms with Crippen LogP contribution in [0.4, 0.5) is 0 Å². The van der Waals surface area contributed by atoms with Crippen LogP contribution >= 0.6 is 33.9 Å². The monoisotopic (exact) mass is 648 g/mol. The minimum absolute atomic E-state index is 0.261. The normalized spacial score (nSPS) is 15.0. The largest absolute Gasteiger partial charge is 0.493 e. The summed E-state index contributed by atoms with van der Waals surface area (Å²) in [6, 6.07) is 12.2. The van der Waals surface area contributed by atoms with Crippen molar-refractivity contribution in [1.29, 1.82) is 0 Å². The third kappa shape index (κ3) is 5.39. The van der Waals surface area contributed by atoms with Crippen molar-refractivity contribution < 1.29 is 28.5 Å². The maximum atomic E-state index is 13.8. The van der Waals surface area contributed by atoms with Crippen molar-refractivity contribution in [3.63, 3.8) is 0 Å². The minimum atomic E-state index is -0.666. The van der Waals surface area contributed by atoms with E-state index in [1.54, 1.807) is 16.7 Å². The number of benzene rings is 2. The Morgan fingerprint density at radius 3 is 2.50 bits per heavy atom. The predicted molar refractivity (Wildman–Crippen MR) is 150 cm³/mol. The Morgan fingerprint density at radius 1 is 1.13 bits per heavy atom. The van der Waals surface area contributed by atoms with Gasteiger partial charge in [0, 0.05) is 0 Å². The fraction of sp³-hybridized carbons (Fsp3) is 0.259. The Morgan fingerprint density at radius 2 is 1.87 bits per heavy atom. The van der Waals surface area contributed by atoms with Gasteiger partial charge in [-0.1, -0.05) is 48.6 Å². The highest BCUT2D eigenvalue weighted by Gasteiger charge is 2.33. The van der Waals surface area contributed by atoms with Crippen LogP contribution in [0.3, 0.4) is 0 Å². The number of ether oxygens (including phenoxy) is 4. The standard InChI is InChI=1S/C27H25IN2O7S/c1-5-18-22(26(33)36-4)23(16-9-7-6-8-10-16)30-25(32)20(38-27(30)29-18)13-15-11-17(28)24(19(12-15)34-2)37-14-21(31)35-3/h6-13,23H,5,14H2,1-4H3/b20-13-/t23-/m0/s1. The number of methoxy groups -OCH3 is 3. The van der Waals surface area contributed by atoms with E-state index in [0.29, 0.717) is 47.7 Å². The quantitative estimate of drug-likeness (QED) is 0.273. The molecule has 0 saturated heterocycles. The van der Waals surface area contributed by atoms with Crippen molar-refractivity contribution in [1.82, 2.24) is 4.57 Å². The summed E-state index contributed by atoms with van der Waals surface area (Å²) in [5.41, 5.74) is 2.13. The molecular weight excluding hydrogens is 623 g/mol. The zero-order valence-corrected chi connectivity index (χ0v) is 24.1. The number of halogens is 1. The third-order valence-electron chi connectivity index (χ3n) is 5.88. The summed E-state index contributed by atoms with van der Waals surface area (Å²) in [6.45, 7) is 1.65. The van der Waals surface area contributed by atoms with Gasteiger partial charge in [-0.25, -0.2) is 14.6 Å². The Balaban J connectivity index is 1.87. The maximum absolute atomic E-state index is 13.8. The Hall–Kier alpha value is -3.45. The molecule has 11 heteroatoms. The first kappa shape index (κ1) is 27.6. The van der Waals surface area contributed by atoms with Gasteiger partial charge in [0.05, 0.1) is 46.7 Å². The zero-order valence-electron chi connectivity index (χ0n) is 21.1. The molecule has 1 aromatic heterocycles. The van der Waals surface area contributed by atoms with Crippen LogP contribution in [0.25, 0.3) is 6.08 Å². The smallest absolute Gasteiger partial charge is 0.343 e. The molecule has 1 aliphatic heterocycles. The lowest BCUT2D eigenvalue weighted by Crippen LogP contribution is -2.40. The summed E-state index contributed by atoms with van der Waals surface area (Å²) in [5.74, 6) is -0.228. The second kappa shape index (κ2) is 11.9. The molecule has 0 radical (unpaired) electrons. The molecule has 0 N–H and O–H groups in total. The van der Waals surface area contributed by atoms with E-state index < -0.39 is 18.0 Å². The Labute approximate surface area is 236 Å². The molecule has 3 aromatic rings. The average Bonchev–Trinajstić information content (AvgIpc) is 3.24. The summed E-state index contributed by atoms with van der Waals surface area (Å²) in [6.07, 6.45) is 2.25. The lowest BCUT2D eigenvalue weighted by molar-refractivity contribution is -0.143. The van der Waals surface area contributed by atoms with Gasteiger partial charge in [-0.05, 0) is 58.3 Å². The van der Waals surface area contributed by atoms with E-state index in [9.17, 15) is 14.4 Å². The number of nitrogens with zero attached hydrogens (tertiary/aromatic N) is 2. The minimum Gasteiger partial charge on any atom is -0.493 e. The maximum Gasteiger partial charge on any atom is 0.343 e. The molecule has 9 nitrogen and oxygen atoms in total. The first-order valence-electron chi connectivity index (χ1n) is 11.6. The second-order valence-corrected chi connectivity index (χ2v) is 10.3. The number of esters is 2. The molecule has 1 aliphatic rings. The first-order chi connectivity index (χ1) is 18.3. The van der Waals surface area contributed by atoms with Gasteiger partial charge in [0.15, 0.2) is 22.9 Å². The van der Waals surface area contributed by atoms with Crippen LogP contribution < -0.4 is 24.4 Å². The van der Waals surface area contributed by atoms with Crippen LogP contribution in [-0.2, 0) is 19.1 Å². The van der Waals surface area contributed by atoms with Gasteiger partial charge in [0.2, 0.25) is 0 Å².